The van der Waals surface area contributed by atoms with Crippen molar-refractivity contribution in [2.24, 2.45) is 28.9 Å². The maximum atomic E-state index is 12.4. The SMILES string of the molecule is COC(=O)CCCC=CC1C(CCc2cccc(Cl)c2)C2CCC1(C(N)=O)C2. The summed E-state index contributed by atoms with van der Waals surface area (Å²) >= 11 is 6.12. The summed E-state index contributed by atoms with van der Waals surface area (Å²) in [7, 11) is 1.41. The molecule has 2 fully saturated rings. The summed E-state index contributed by atoms with van der Waals surface area (Å²) in [5.74, 6) is 0.903. The Kier molecular flexibility index (Phi) is 6.82. The van der Waals surface area contributed by atoms with Crippen LogP contribution in [-0.4, -0.2) is 19.0 Å². The van der Waals surface area contributed by atoms with Gasteiger partial charge in [-0.2, -0.15) is 0 Å². The number of unbranched alkanes of at least 4 members (excludes halogenated alkanes) is 1. The van der Waals surface area contributed by atoms with Crippen LogP contribution in [0.1, 0.15) is 50.5 Å². The molecule has 4 atom stereocenters. The molecule has 5 heteroatoms. The number of allylic oxidation sites excluding steroid dienone is 2. The van der Waals surface area contributed by atoms with Crippen molar-refractivity contribution in [3.8, 4) is 0 Å². The van der Waals surface area contributed by atoms with Crippen molar-refractivity contribution in [1.29, 1.82) is 0 Å². The van der Waals surface area contributed by atoms with Gasteiger partial charge in [0.25, 0.3) is 0 Å². The molecule has 4 nitrogen and oxygen atoms in total. The van der Waals surface area contributed by atoms with E-state index < -0.39 is 0 Å². The van der Waals surface area contributed by atoms with Crippen LogP contribution in [0.2, 0.25) is 5.02 Å². The quantitative estimate of drug-likeness (QED) is 0.369. The average Bonchev–Trinajstić information content (AvgIpc) is 3.24. The van der Waals surface area contributed by atoms with Gasteiger partial charge in [-0.1, -0.05) is 35.9 Å². The van der Waals surface area contributed by atoms with Crippen LogP contribution in [0.25, 0.3) is 0 Å². The van der Waals surface area contributed by atoms with Crippen molar-refractivity contribution in [2.75, 3.05) is 7.11 Å². The second-order valence-electron chi connectivity index (χ2n) is 8.28. The first kappa shape index (κ1) is 20.9. The summed E-state index contributed by atoms with van der Waals surface area (Å²) in [5.41, 5.74) is 6.74. The number of amides is 1. The number of carbonyl (C=O) groups is 2. The van der Waals surface area contributed by atoms with Gasteiger partial charge in [0.2, 0.25) is 5.91 Å². The molecule has 1 amide bonds. The number of halogens is 1. The van der Waals surface area contributed by atoms with Crippen molar-refractivity contribution < 1.29 is 14.3 Å². The van der Waals surface area contributed by atoms with Crippen LogP contribution in [0.4, 0.5) is 0 Å². The first-order valence-electron chi connectivity index (χ1n) is 10.2. The van der Waals surface area contributed by atoms with E-state index in [9.17, 15) is 9.59 Å². The summed E-state index contributed by atoms with van der Waals surface area (Å²) < 4.78 is 4.68. The van der Waals surface area contributed by atoms with Gasteiger partial charge in [0.15, 0.2) is 0 Å². The summed E-state index contributed by atoms with van der Waals surface area (Å²) in [6, 6.07) is 8.02. The standard InChI is InChI=1S/C23H30ClNO3/c1-28-21(26)9-4-2-3-8-20-19(11-10-16-6-5-7-18(24)14-16)17-12-13-23(20,15-17)22(25)27/h3,5-8,14,17,19-20H,2,4,9-13,15H2,1H3,(H2,25,27). The molecule has 0 aromatic heterocycles. The minimum atomic E-state index is -0.386. The van der Waals surface area contributed by atoms with Gasteiger partial charge in [-0.15, -0.1) is 0 Å². The van der Waals surface area contributed by atoms with Crippen LogP contribution in [-0.2, 0) is 20.7 Å². The molecular formula is C23H30ClNO3. The van der Waals surface area contributed by atoms with Gasteiger partial charge < -0.3 is 10.5 Å². The fourth-order valence-electron chi connectivity index (χ4n) is 5.35. The Labute approximate surface area is 172 Å². The molecule has 0 radical (unpaired) electrons. The Morgan fingerprint density at radius 1 is 1.39 bits per heavy atom. The van der Waals surface area contributed by atoms with E-state index in [4.69, 9.17) is 17.3 Å². The number of carbonyl (C=O) groups excluding carboxylic acids is 2. The first-order valence-corrected chi connectivity index (χ1v) is 10.6. The zero-order valence-electron chi connectivity index (χ0n) is 16.5. The average molecular weight is 404 g/mol. The second kappa shape index (κ2) is 9.13. The number of primary amides is 1. The molecule has 2 N–H and O–H groups in total. The lowest BCUT2D eigenvalue weighted by Crippen LogP contribution is -2.41. The van der Waals surface area contributed by atoms with E-state index in [1.54, 1.807) is 0 Å². The maximum absolute atomic E-state index is 12.4. The minimum absolute atomic E-state index is 0.149. The summed E-state index contributed by atoms with van der Waals surface area (Å²) in [5, 5.41) is 0.765. The van der Waals surface area contributed by atoms with Crippen molar-refractivity contribution in [1.82, 2.24) is 0 Å². The van der Waals surface area contributed by atoms with Gasteiger partial charge in [0, 0.05) is 11.4 Å². The predicted molar refractivity (Wildman–Crippen MR) is 111 cm³/mol. The molecule has 0 aliphatic heterocycles. The fourth-order valence-corrected chi connectivity index (χ4v) is 5.56. The van der Waals surface area contributed by atoms with Crippen LogP contribution in [0.15, 0.2) is 36.4 Å². The Bertz CT molecular complexity index is 747. The van der Waals surface area contributed by atoms with E-state index in [-0.39, 0.29) is 23.2 Å². The molecule has 3 rings (SSSR count). The van der Waals surface area contributed by atoms with E-state index in [0.29, 0.717) is 18.3 Å². The number of esters is 1. The molecule has 1 aromatic rings. The smallest absolute Gasteiger partial charge is 0.305 e. The highest BCUT2D eigenvalue weighted by molar-refractivity contribution is 6.30. The third kappa shape index (κ3) is 4.43. The van der Waals surface area contributed by atoms with E-state index in [1.807, 2.05) is 18.2 Å². The Morgan fingerprint density at radius 3 is 2.93 bits per heavy atom. The molecule has 2 saturated carbocycles. The number of hydrogen-bond acceptors (Lipinski definition) is 3. The number of aryl methyl sites for hydroxylation is 1. The van der Waals surface area contributed by atoms with Gasteiger partial charge in [0.1, 0.15) is 0 Å². The molecule has 152 valence electrons. The molecule has 4 unspecified atom stereocenters. The van der Waals surface area contributed by atoms with Gasteiger partial charge in [-0.05, 0) is 80.4 Å². The van der Waals surface area contributed by atoms with Crippen molar-refractivity contribution in [3.05, 3.63) is 47.0 Å². The highest BCUT2D eigenvalue weighted by Gasteiger charge is 2.59. The maximum Gasteiger partial charge on any atom is 0.305 e. The molecule has 28 heavy (non-hydrogen) atoms. The van der Waals surface area contributed by atoms with E-state index in [0.717, 1.165) is 50.0 Å². The third-order valence-electron chi connectivity index (χ3n) is 6.76. The number of hydrogen-bond donors (Lipinski definition) is 1. The third-order valence-corrected chi connectivity index (χ3v) is 7.00. The molecular weight excluding hydrogens is 374 g/mol. The largest absolute Gasteiger partial charge is 0.469 e. The summed E-state index contributed by atoms with van der Waals surface area (Å²) in [6.45, 7) is 0. The molecule has 2 aliphatic carbocycles. The lowest BCUT2D eigenvalue weighted by Gasteiger charge is -2.35. The van der Waals surface area contributed by atoms with Crippen LogP contribution in [0, 0.1) is 23.2 Å². The lowest BCUT2D eigenvalue weighted by molar-refractivity contribution is -0.140. The summed E-state index contributed by atoms with van der Waals surface area (Å²) in [4.78, 5) is 23.6. The van der Waals surface area contributed by atoms with Gasteiger partial charge in [0.05, 0.1) is 12.5 Å². The number of nitrogens with two attached hydrogens (primary N) is 1. The van der Waals surface area contributed by atoms with Crippen molar-refractivity contribution in [2.45, 2.75) is 51.4 Å². The zero-order chi connectivity index (χ0) is 20.1. The number of methoxy groups -OCH3 is 1. The molecule has 0 spiro atoms. The highest BCUT2D eigenvalue weighted by Crippen LogP contribution is 2.62. The predicted octanol–water partition coefficient (Wildman–Crippen LogP) is 4.69. The van der Waals surface area contributed by atoms with Crippen LogP contribution in [0.3, 0.4) is 0 Å². The van der Waals surface area contributed by atoms with Crippen LogP contribution >= 0.6 is 11.6 Å². The number of rotatable bonds is 9. The summed E-state index contributed by atoms with van der Waals surface area (Å²) in [6.07, 6.45) is 11.2. The first-order chi connectivity index (χ1) is 13.5. The van der Waals surface area contributed by atoms with Gasteiger partial charge in [-0.3, -0.25) is 9.59 Å². The Hall–Kier alpha value is -1.81. The monoisotopic (exact) mass is 403 g/mol. The second-order valence-corrected chi connectivity index (χ2v) is 8.71. The van der Waals surface area contributed by atoms with E-state index >= 15 is 0 Å². The van der Waals surface area contributed by atoms with Gasteiger partial charge >= 0.3 is 5.97 Å². The zero-order valence-corrected chi connectivity index (χ0v) is 17.3. The highest BCUT2D eigenvalue weighted by atomic mass is 35.5. The topological polar surface area (TPSA) is 69.4 Å². The molecule has 0 saturated heterocycles. The number of benzene rings is 1. The van der Waals surface area contributed by atoms with Crippen LogP contribution < -0.4 is 5.73 Å². The minimum Gasteiger partial charge on any atom is -0.469 e. The lowest BCUT2D eigenvalue weighted by atomic mass is 9.68. The normalized spacial score (nSPS) is 28.7. The fraction of sp³-hybridized carbons (Fsp3) is 0.565. The van der Waals surface area contributed by atoms with E-state index in [2.05, 4.69) is 23.0 Å². The Balaban J connectivity index is 1.67. The number of ether oxygens (including phenoxy) is 1. The van der Waals surface area contributed by atoms with Crippen molar-refractivity contribution in [3.63, 3.8) is 0 Å². The Morgan fingerprint density at radius 2 is 2.21 bits per heavy atom. The van der Waals surface area contributed by atoms with Crippen LogP contribution in [0.5, 0.6) is 0 Å². The molecule has 2 aliphatic rings. The molecule has 2 bridgehead atoms. The van der Waals surface area contributed by atoms with E-state index in [1.165, 1.54) is 12.7 Å². The van der Waals surface area contributed by atoms with Crippen molar-refractivity contribution >= 4 is 23.5 Å². The van der Waals surface area contributed by atoms with Gasteiger partial charge in [-0.25, -0.2) is 0 Å². The number of fused-ring (bicyclic) bond motifs is 2. The molecule has 1 aromatic carbocycles. The molecule has 0 heterocycles.